The molecule has 2 atom stereocenters. The van der Waals surface area contributed by atoms with Crippen molar-refractivity contribution in [2.24, 2.45) is 0 Å². The number of piperazine rings is 1. The molecule has 3 aromatic rings. The summed E-state index contributed by atoms with van der Waals surface area (Å²) in [5, 5.41) is 5.43. The minimum atomic E-state index is -1.12. The van der Waals surface area contributed by atoms with Crippen LogP contribution in [0.3, 0.4) is 0 Å². The average Bonchev–Trinajstić information content (AvgIpc) is 3.49. The Morgan fingerprint density at radius 3 is 2.74 bits per heavy atom. The molecule has 2 saturated heterocycles. The Morgan fingerprint density at radius 2 is 1.92 bits per heavy atom. The van der Waals surface area contributed by atoms with E-state index < -0.39 is 5.41 Å². The van der Waals surface area contributed by atoms with Crippen molar-refractivity contribution >= 4 is 39.9 Å². The molecule has 0 aliphatic carbocycles. The summed E-state index contributed by atoms with van der Waals surface area (Å²) in [5.74, 6) is 0.301. The third kappa shape index (κ3) is 4.72. The Balaban J connectivity index is 1.29. The highest BCUT2D eigenvalue weighted by Crippen LogP contribution is 2.44. The largest absolute Gasteiger partial charge is 0.493 e. The maximum absolute atomic E-state index is 14.2. The highest BCUT2D eigenvalue weighted by atomic mass is 35.5. The fourth-order valence-electron chi connectivity index (χ4n) is 5.95. The zero-order valence-electron chi connectivity index (χ0n) is 21.2. The van der Waals surface area contributed by atoms with E-state index in [0.717, 1.165) is 43.5 Å². The lowest BCUT2D eigenvalue weighted by molar-refractivity contribution is -0.138. The van der Waals surface area contributed by atoms with Gasteiger partial charge in [0.2, 0.25) is 11.8 Å². The number of nitrogens with zero attached hydrogens (tertiary/aromatic N) is 3. The molecule has 3 aliphatic heterocycles. The van der Waals surface area contributed by atoms with Gasteiger partial charge in [-0.05, 0) is 24.6 Å². The van der Waals surface area contributed by atoms with Gasteiger partial charge in [0.25, 0.3) is 0 Å². The van der Waals surface area contributed by atoms with E-state index in [4.69, 9.17) is 21.1 Å². The van der Waals surface area contributed by atoms with Gasteiger partial charge in [-0.3, -0.25) is 19.5 Å². The minimum Gasteiger partial charge on any atom is -0.493 e. The molecule has 4 heterocycles. The van der Waals surface area contributed by atoms with Crippen LogP contribution in [0.25, 0.3) is 10.8 Å². The zero-order valence-corrected chi connectivity index (χ0v) is 22.0. The molecule has 2 amide bonds. The minimum absolute atomic E-state index is 0.0358. The van der Waals surface area contributed by atoms with E-state index in [1.165, 1.54) is 0 Å². The molecule has 2 fully saturated rings. The van der Waals surface area contributed by atoms with E-state index in [0.29, 0.717) is 54.2 Å². The third-order valence-electron chi connectivity index (χ3n) is 8.14. The van der Waals surface area contributed by atoms with Crippen molar-refractivity contribution in [2.45, 2.75) is 30.7 Å². The van der Waals surface area contributed by atoms with Crippen molar-refractivity contribution < 1.29 is 19.1 Å². The number of carbonyl (C=O) groups excluding carboxylic acids is 2. The normalized spacial score (nSPS) is 23.6. The highest BCUT2D eigenvalue weighted by molar-refractivity contribution is 6.30. The van der Waals surface area contributed by atoms with Gasteiger partial charge in [-0.15, -0.1) is 0 Å². The van der Waals surface area contributed by atoms with Gasteiger partial charge < -0.3 is 19.7 Å². The monoisotopic (exact) mass is 534 g/mol. The molecular formula is C29H31ClN4O4. The molecule has 3 aliphatic rings. The van der Waals surface area contributed by atoms with Crippen LogP contribution in [0.5, 0.6) is 5.75 Å². The number of pyridine rings is 1. The van der Waals surface area contributed by atoms with Gasteiger partial charge in [0.1, 0.15) is 5.75 Å². The first-order valence-electron chi connectivity index (χ1n) is 13.2. The number of aromatic nitrogens is 1. The lowest BCUT2D eigenvalue weighted by Gasteiger charge is -2.41. The second kappa shape index (κ2) is 10.5. The number of rotatable bonds is 5. The smallest absolute Gasteiger partial charge is 0.235 e. The van der Waals surface area contributed by atoms with E-state index in [9.17, 15) is 9.59 Å². The molecule has 6 rings (SSSR count). The van der Waals surface area contributed by atoms with Crippen LogP contribution < -0.4 is 10.1 Å². The van der Waals surface area contributed by atoms with Crippen LogP contribution in [0, 0.1) is 0 Å². The number of ether oxygens (including phenoxy) is 2. The summed E-state index contributed by atoms with van der Waals surface area (Å²) in [5.41, 5.74) is 0.141. The fraction of sp³-hybridized carbons (Fsp3) is 0.414. The molecule has 1 aromatic heterocycles. The number of halogens is 1. The molecule has 0 saturated carbocycles. The maximum Gasteiger partial charge on any atom is 0.235 e. The van der Waals surface area contributed by atoms with E-state index in [2.05, 4.69) is 15.2 Å². The summed E-state index contributed by atoms with van der Waals surface area (Å²) < 4.78 is 11.5. The zero-order chi connectivity index (χ0) is 26.1. The number of fused-ring (bicyclic) bond motifs is 2. The number of amides is 2. The Bertz CT molecular complexity index is 1350. The molecule has 198 valence electrons. The van der Waals surface area contributed by atoms with Gasteiger partial charge in [-0.25, -0.2) is 0 Å². The van der Waals surface area contributed by atoms with Crippen LogP contribution in [0.15, 0.2) is 54.9 Å². The van der Waals surface area contributed by atoms with Crippen LogP contribution in [-0.4, -0.2) is 78.6 Å². The number of hydrogen-bond acceptors (Lipinski definition) is 6. The molecule has 8 nitrogen and oxygen atoms in total. The molecule has 2 unspecified atom stereocenters. The summed E-state index contributed by atoms with van der Waals surface area (Å²) in [6.07, 6.45) is 4.87. The molecule has 1 N–H and O–H groups in total. The quantitative estimate of drug-likeness (QED) is 0.535. The molecule has 0 bridgehead atoms. The Kier molecular flexibility index (Phi) is 6.95. The first-order valence-corrected chi connectivity index (χ1v) is 13.6. The standard InChI is InChI=1S/C29H31ClN4O4/c30-21-5-6-26-24(15-21)29(8-14-38-26,28(36)32-25-18-31-17-20-3-1-2-4-23(20)25)16-27(35)34-11-9-33(10-12-34)22-7-13-37-19-22/h1-6,15,17-18,22H,7-14,16,19H2,(H,32,36). The van der Waals surface area contributed by atoms with Crippen molar-refractivity contribution in [3.8, 4) is 5.75 Å². The summed E-state index contributed by atoms with van der Waals surface area (Å²) in [6.45, 7) is 4.80. The number of anilines is 1. The Labute approximate surface area is 226 Å². The number of benzene rings is 2. The SMILES string of the molecule is O=C(CC1(C(=O)Nc2cncc3ccccc23)CCOc2ccc(Cl)cc21)N1CCN(C2CCOC2)CC1. The molecular weight excluding hydrogens is 504 g/mol. The predicted molar refractivity (Wildman–Crippen MR) is 146 cm³/mol. The molecule has 0 radical (unpaired) electrons. The maximum atomic E-state index is 14.2. The van der Waals surface area contributed by atoms with E-state index in [-0.39, 0.29) is 18.2 Å². The topological polar surface area (TPSA) is 84.0 Å². The van der Waals surface area contributed by atoms with Crippen molar-refractivity contribution in [3.63, 3.8) is 0 Å². The van der Waals surface area contributed by atoms with Crippen LogP contribution >= 0.6 is 11.6 Å². The number of carbonyl (C=O) groups is 2. The lowest BCUT2D eigenvalue weighted by atomic mass is 9.72. The summed E-state index contributed by atoms with van der Waals surface area (Å²) >= 11 is 6.40. The number of hydrogen-bond donors (Lipinski definition) is 1. The van der Waals surface area contributed by atoms with Gasteiger partial charge in [0.05, 0.1) is 30.5 Å². The highest BCUT2D eigenvalue weighted by Gasteiger charge is 2.47. The fourth-order valence-corrected chi connectivity index (χ4v) is 6.12. The van der Waals surface area contributed by atoms with Gasteiger partial charge in [-0.1, -0.05) is 35.9 Å². The van der Waals surface area contributed by atoms with Crippen molar-refractivity contribution in [2.75, 3.05) is 51.3 Å². The van der Waals surface area contributed by atoms with Crippen LogP contribution in [0.1, 0.15) is 24.8 Å². The van der Waals surface area contributed by atoms with Gasteiger partial charge in [0, 0.05) is 79.2 Å². The van der Waals surface area contributed by atoms with Gasteiger partial charge in [-0.2, -0.15) is 0 Å². The number of nitrogens with one attached hydrogen (secondary N) is 1. The van der Waals surface area contributed by atoms with Crippen LogP contribution in [-0.2, 0) is 19.7 Å². The lowest BCUT2D eigenvalue weighted by Crippen LogP contribution is -2.54. The summed E-state index contributed by atoms with van der Waals surface area (Å²) in [7, 11) is 0. The van der Waals surface area contributed by atoms with E-state index >= 15 is 0 Å². The Hall–Kier alpha value is -3.20. The second-order valence-corrected chi connectivity index (χ2v) is 10.7. The van der Waals surface area contributed by atoms with Crippen molar-refractivity contribution in [1.82, 2.24) is 14.8 Å². The van der Waals surface area contributed by atoms with Gasteiger partial charge in [0.15, 0.2) is 0 Å². The van der Waals surface area contributed by atoms with Gasteiger partial charge >= 0.3 is 0 Å². The predicted octanol–water partition coefficient (Wildman–Crippen LogP) is 3.87. The van der Waals surface area contributed by atoms with Crippen molar-refractivity contribution in [3.05, 3.63) is 65.4 Å². The first-order chi connectivity index (χ1) is 18.5. The average molecular weight is 535 g/mol. The summed E-state index contributed by atoms with van der Waals surface area (Å²) in [4.78, 5) is 36.6. The summed E-state index contributed by atoms with van der Waals surface area (Å²) in [6, 6.07) is 13.5. The van der Waals surface area contributed by atoms with E-state index in [1.807, 2.05) is 29.2 Å². The molecule has 0 spiro atoms. The second-order valence-electron chi connectivity index (χ2n) is 10.3. The first kappa shape index (κ1) is 25.1. The molecule has 38 heavy (non-hydrogen) atoms. The van der Waals surface area contributed by atoms with Crippen LogP contribution in [0.4, 0.5) is 5.69 Å². The molecule has 9 heteroatoms. The van der Waals surface area contributed by atoms with Crippen LogP contribution in [0.2, 0.25) is 5.02 Å². The third-order valence-corrected chi connectivity index (χ3v) is 8.37. The van der Waals surface area contributed by atoms with E-state index in [1.54, 1.807) is 30.6 Å². The van der Waals surface area contributed by atoms with Crippen molar-refractivity contribution in [1.29, 1.82) is 0 Å². The molecule has 2 aromatic carbocycles. The Morgan fingerprint density at radius 1 is 1.08 bits per heavy atom.